The Labute approximate surface area is 111 Å². The summed E-state index contributed by atoms with van der Waals surface area (Å²) in [6.07, 6.45) is 2.03. The molecule has 2 nitrogen and oxygen atoms in total. The van der Waals surface area contributed by atoms with Crippen LogP contribution in [0, 0.1) is 5.82 Å². The third-order valence-corrected chi connectivity index (χ3v) is 3.56. The number of nitrogens with two attached hydrogens (primary N) is 1. The summed E-state index contributed by atoms with van der Waals surface area (Å²) >= 11 is 1.69. The molecule has 18 heavy (non-hydrogen) atoms. The lowest BCUT2D eigenvalue weighted by molar-refractivity contribution is 0.628. The number of hydrogen-bond donors (Lipinski definition) is 1. The SMILES string of the molecule is CSc1ccc(N(C)c2cc(F)ccc2N)cc1. The Morgan fingerprint density at radius 1 is 1.11 bits per heavy atom. The average molecular weight is 262 g/mol. The lowest BCUT2D eigenvalue weighted by Crippen LogP contribution is -2.11. The zero-order chi connectivity index (χ0) is 13.1. The molecular weight excluding hydrogens is 247 g/mol. The molecule has 0 bridgehead atoms. The molecule has 0 fully saturated rings. The van der Waals surface area contributed by atoms with Crippen molar-refractivity contribution >= 4 is 28.8 Å². The zero-order valence-corrected chi connectivity index (χ0v) is 11.2. The third kappa shape index (κ3) is 2.59. The molecule has 0 radical (unpaired) electrons. The molecule has 0 saturated heterocycles. The van der Waals surface area contributed by atoms with Gasteiger partial charge < -0.3 is 10.6 Å². The van der Waals surface area contributed by atoms with Crippen LogP contribution in [0.5, 0.6) is 0 Å². The number of nitrogens with zero attached hydrogens (tertiary/aromatic N) is 1. The van der Waals surface area contributed by atoms with Crippen molar-refractivity contribution in [3.63, 3.8) is 0 Å². The second-order valence-corrected chi connectivity index (χ2v) is 4.84. The summed E-state index contributed by atoms with van der Waals surface area (Å²) in [4.78, 5) is 3.07. The molecule has 0 spiro atoms. The third-order valence-electron chi connectivity index (χ3n) is 2.81. The van der Waals surface area contributed by atoms with Gasteiger partial charge in [-0.2, -0.15) is 0 Å². The molecular formula is C14H15FN2S. The van der Waals surface area contributed by atoms with Gasteiger partial charge in [0.25, 0.3) is 0 Å². The van der Waals surface area contributed by atoms with Crippen LogP contribution in [0.4, 0.5) is 21.5 Å². The number of thioether (sulfide) groups is 1. The van der Waals surface area contributed by atoms with Crippen LogP contribution in [0.1, 0.15) is 0 Å². The summed E-state index contributed by atoms with van der Waals surface area (Å²) in [5, 5.41) is 0. The van der Waals surface area contributed by atoms with Gasteiger partial charge in [-0.05, 0) is 48.7 Å². The molecule has 4 heteroatoms. The van der Waals surface area contributed by atoms with Crippen molar-refractivity contribution < 1.29 is 4.39 Å². The second kappa shape index (κ2) is 5.31. The molecule has 0 heterocycles. The Morgan fingerprint density at radius 3 is 2.39 bits per heavy atom. The summed E-state index contributed by atoms with van der Waals surface area (Å²) < 4.78 is 13.3. The maximum atomic E-state index is 13.3. The minimum Gasteiger partial charge on any atom is -0.397 e. The van der Waals surface area contributed by atoms with Gasteiger partial charge in [0.05, 0.1) is 11.4 Å². The molecule has 0 saturated carbocycles. The minimum absolute atomic E-state index is 0.285. The second-order valence-electron chi connectivity index (χ2n) is 3.96. The summed E-state index contributed by atoms with van der Waals surface area (Å²) in [5.74, 6) is -0.285. The highest BCUT2D eigenvalue weighted by Gasteiger charge is 2.08. The molecule has 0 aliphatic rings. The molecule has 2 rings (SSSR count). The highest BCUT2D eigenvalue weighted by molar-refractivity contribution is 7.98. The standard InChI is InChI=1S/C14H15FN2S/c1-17(11-4-6-12(18-2)7-5-11)14-9-10(15)3-8-13(14)16/h3-9H,16H2,1-2H3. The first-order valence-corrected chi connectivity index (χ1v) is 6.77. The van der Waals surface area contributed by atoms with Gasteiger partial charge in [-0.25, -0.2) is 4.39 Å². The molecule has 2 N–H and O–H groups in total. The van der Waals surface area contributed by atoms with E-state index in [1.807, 2.05) is 42.5 Å². The first-order chi connectivity index (χ1) is 8.61. The highest BCUT2D eigenvalue weighted by atomic mass is 32.2. The average Bonchev–Trinajstić information content (AvgIpc) is 2.41. The topological polar surface area (TPSA) is 29.3 Å². The van der Waals surface area contributed by atoms with E-state index in [-0.39, 0.29) is 5.82 Å². The minimum atomic E-state index is -0.285. The summed E-state index contributed by atoms with van der Waals surface area (Å²) in [6.45, 7) is 0. The summed E-state index contributed by atoms with van der Waals surface area (Å²) in [5.41, 5.74) is 8.08. The van der Waals surface area contributed by atoms with Gasteiger partial charge in [-0.15, -0.1) is 11.8 Å². The highest BCUT2D eigenvalue weighted by Crippen LogP contribution is 2.30. The molecule has 2 aromatic carbocycles. The Morgan fingerprint density at radius 2 is 1.78 bits per heavy atom. The number of benzene rings is 2. The van der Waals surface area contributed by atoms with Crippen LogP contribution in [0.25, 0.3) is 0 Å². The van der Waals surface area contributed by atoms with E-state index < -0.39 is 0 Å². The maximum Gasteiger partial charge on any atom is 0.125 e. The Balaban J connectivity index is 2.34. The fourth-order valence-electron chi connectivity index (χ4n) is 1.75. The summed E-state index contributed by atoms with van der Waals surface area (Å²) in [7, 11) is 1.87. The van der Waals surface area contributed by atoms with Gasteiger partial charge in [0.1, 0.15) is 5.82 Å². The van der Waals surface area contributed by atoms with Gasteiger partial charge in [0.15, 0.2) is 0 Å². The molecule has 0 aliphatic carbocycles. The Hall–Kier alpha value is -1.68. The van der Waals surface area contributed by atoms with E-state index in [0.29, 0.717) is 11.4 Å². The molecule has 0 amide bonds. The van der Waals surface area contributed by atoms with Gasteiger partial charge >= 0.3 is 0 Å². The van der Waals surface area contributed by atoms with Crippen LogP contribution in [0.2, 0.25) is 0 Å². The van der Waals surface area contributed by atoms with Crippen LogP contribution in [0.15, 0.2) is 47.4 Å². The number of halogens is 1. The van der Waals surface area contributed by atoms with E-state index in [4.69, 9.17) is 5.73 Å². The van der Waals surface area contributed by atoms with Crippen molar-refractivity contribution in [3.05, 3.63) is 48.3 Å². The first-order valence-electron chi connectivity index (χ1n) is 5.54. The predicted octanol–water partition coefficient (Wildman–Crippen LogP) is 3.90. The quantitative estimate of drug-likeness (QED) is 0.672. The lowest BCUT2D eigenvalue weighted by atomic mass is 10.2. The Bertz CT molecular complexity index is 540. The van der Waals surface area contributed by atoms with E-state index in [1.54, 1.807) is 17.8 Å². The van der Waals surface area contributed by atoms with E-state index in [9.17, 15) is 4.39 Å². The lowest BCUT2D eigenvalue weighted by Gasteiger charge is -2.21. The van der Waals surface area contributed by atoms with Crippen LogP contribution >= 0.6 is 11.8 Å². The number of hydrogen-bond acceptors (Lipinski definition) is 3. The van der Waals surface area contributed by atoms with Crippen LogP contribution < -0.4 is 10.6 Å². The molecule has 2 aromatic rings. The molecule has 94 valence electrons. The van der Waals surface area contributed by atoms with E-state index in [0.717, 1.165) is 5.69 Å². The van der Waals surface area contributed by atoms with Crippen LogP contribution in [-0.4, -0.2) is 13.3 Å². The van der Waals surface area contributed by atoms with Crippen molar-refractivity contribution in [2.75, 3.05) is 23.9 Å². The monoisotopic (exact) mass is 262 g/mol. The normalized spacial score (nSPS) is 10.4. The molecule has 0 atom stereocenters. The van der Waals surface area contributed by atoms with E-state index in [2.05, 4.69) is 0 Å². The fraction of sp³-hybridized carbons (Fsp3) is 0.143. The summed E-state index contributed by atoms with van der Waals surface area (Å²) in [6, 6.07) is 12.4. The number of rotatable bonds is 3. The van der Waals surface area contributed by atoms with Crippen molar-refractivity contribution in [2.45, 2.75) is 4.90 Å². The fourth-order valence-corrected chi connectivity index (χ4v) is 2.16. The first kappa shape index (κ1) is 12.8. The van der Waals surface area contributed by atoms with E-state index >= 15 is 0 Å². The Kier molecular flexibility index (Phi) is 3.77. The molecule has 0 aromatic heterocycles. The molecule has 0 unspecified atom stereocenters. The molecule has 0 aliphatic heterocycles. The maximum absolute atomic E-state index is 13.3. The van der Waals surface area contributed by atoms with Gasteiger partial charge in [0.2, 0.25) is 0 Å². The van der Waals surface area contributed by atoms with Gasteiger partial charge in [-0.3, -0.25) is 0 Å². The smallest absolute Gasteiger partial charge is 0.125 e. The van der Waals surface area contributed by atoms with Crippen molar-refractivity contribution in [3.8, 4) is 0 Å². The number of nitrogen functional groups attached to an aromatic ring is 1. The van der Waals surface area contributed by atoms with Crippen molar-refractivity contribution in [1.29, 1.82) is 0 Å². The van der Waals surface area contributed by atoms with Crippen molar-refractivity contribution in [1.82, 2.24) is 0 Å². The van der Waals surface area contributed by atoms with Gasteiger partial charge in [-0.1, -0.05) is 0 Å². The zero-order valence-electron chi connectivity index (χ0n) is 10.4. The van der Waals surface area contributed by atoms with E-state index in [1.165, 1.54) is 17.0 Å². The van der Waals surface area contributed by atoms with Crippen LogP contribution in [-0.2, 0) is 0 Å². The van der Waals surface area contributed by atoms with Crippen molar-refractivity contribution in [2.24, 2.45) is 0 Å². The largest absolute Gasteiger partial charge is 0.397 e. The predicted molar refractivity (Wildman–Crippen MR) is 77.1 cm³/mol. The van der Waals surface area contributed by atoms with Gasteiger partial charge in [0, 0.05) is 17.6 Å². The van der Waals surface area contributed by atoms with Crippen LogP contribution in [0.3, 0.4) is 0 Å². The number of anilines is 3.